The Morgan fingerprint density at radius 1 is 0.939 bits per heavy atom. The summed E-state index contributed by atoms with van der Waals surface area (Å²) in [5.41, 5.74) is 1.01. The Morgan fingerprint density at radius 2 is 1.52 bits per heavy atom. The molecule has 0 aromatic heterocycles. The van der Waals surface area contributed by atoms with E-state index in [1.165, 1.54) is 0 Å². The van der Waals surface area contributed by atoms with E-state index in [4.69, 9.17) is 8.61 Å². The van der Waals surface area contributed by atoms with Crippen molar-refractivity contribution in [3.63, 3.8) is 0 Å². The SMILES string of the molecule is Cc1ccc(S(=O)(=O)O[C@H]([C@H](C)CO[Si](C)(C)C(C)(C)C)[C@@H](C)CSc2ccccc2)cc1. The largest absolute Gasteiger partial charge is 0.416 e. The first-order valence-electron chi connectivity index (χ1n) is 11.5. The molecule has 0 bridgehead atoms. The van der Waals surface area contributed by atoms with Crippen molar-refractivity contribution in [3.05, 3.63) is 60.2 Å². The number of benzene rings is 2. The van der Waals surface area contributed by atoms with Crippen LogP contribution in [0.15, 0.2) is 64.4 Å². The van der Waals surface area contributed by atoms with Gasteiger partial charge in [-0.05, 0) is 55.2 Å². The fourth-order valence-corrected chi connectivity index (χ4v) is 6.51. The highest BCUT2D eigenvalue weighted by molar-refractivity contribution is 7.99. The molecule has 2 aromatic rings. The molecule has 33 heavy (non-hydrogen) atoms. The van der Waals surface area contributed by atoms with E-state index < -0.39 is 24.5 Å². The third-order valence-corrected chi connectivity index (χ3v) is 13.6. The Morgan fingerprint density at radius 3 is 2.06 bits per heavy atom. The fourth-order valence-electron chi connectivity index (χ4n) is 3.15. The number of hydrogen-bond acceptors (Lipinski definition) is 5. The molecule has 7 heteroatoms. The topological polar surface area (TPSA) is 52.6 Å². The first kappa shape index (κ1) is 28.1. The monoisotopic (exact) mass is 508 g/mol. The second kappa shape index (κ2) is 11.5. The molecule has 0 spiro atoms. The van der Waals surface area contributed by atoms with E-state index in [0.29, 0.717) is 6.61 Å². The van der Waals surface area contributed by atoms with Crippen LogP contribution in [0.3, 0.4) is 0 Å². The molecule has 0 saturated heterocycles. The summed E-state index contributed by atoms with van der Waals surface area (Å²) in [4.78, 5) is 1.35. The van der Waals surface area contributed by atoms with E-state index in [1.807, 2.05) is 32.0 Å². The molecule has 0 fully saturated rings. The standard InChI is InChI=1S/C26H40O4S2Si/c1-20-14-16-24(17-15-20)32(27,28)30-25(21(2)18-29-33(7,8)26(4,5)6)22(3)19-31-23-12-10-9-11-13-23/h9-17,21-22,25H,18-19H2,1-8H3/t21-,22+,25-/m1/s1. The molecule has 184 valence electrons. The number of thioether (sulfide) groups is 1. The van der Waals surface area contributed by atoms with Gasteiger partial charge in [0.25, 0.3) is 10.1 Å². The van der Waals surface area contributed by atoms with E-state index in [0.717, 1.165) is 16.2 Å². The van der Waals surface area contributed by atoms with Gasteiger partial charge in [0.15, 0.2) is 8.32 Å². The minimum atomic E-state index is -3.88. The number of rotatable bonds is 11. The van der Waals surface area contributed by atoms with Gasteiger partial charge in [0.05, 0.1) is 11.0 Å². The lowest BCUT2D eigenvalue weighted by molar-refractivity contribution is 0.0725. The van der Waals surface area contributed by atoms with Crippen LogP contribution in [0.4, 0.5) is 0 Å². The van der Waals surface area contributed by atoms with Crippen molar-refractivity contribution in [1.82, 2.24) is 0 Å². The smallest absolute Gasteiger partial charge is 0.297 e. The molecule has 0 unspecified atom stereocenters. The summed E-state index contributed by atoms with van der Waals surface area (Å²) < 4.78 is 38.6. The molecule has 0 aliphatic heterocycles. The van der Waals surface area contributed by atoms with Gasteiger partial charge in [-0.15, -0.1) is 11.8 Å². The summed E-state index contributed by atoms with van der Waals surface area (Å²) in [6, 6.07) is 17.0. The minimum absolute atomic E-state index is 0.00782. The van der Waals surface area contributed by atoms with Crippen LogP contribution in [0.25, 0.3) is 0 Å². The normalized spacial score (nSPS) is 15.8. The van der Waals surface area contributed by atoms with Crippen LogP contribution < -0.4 is 0 Å². The fraction of sp³-hybridized carbons (Fsp3) is 0.538. The molecule has 4 nitrogen and oxygen atoms in total. The van der Waals surface area contributed by atoms with Gasteiger partial charge in [-0.3, -0.25) is 4.18 Å². The lowest BCUT2D eigenvalue weighted by Crippen LogP contribution is -2.44. The molecule has 3 atom stereocenters. The predicted octanol–water partition coefficient (Wildman–Crippen LogP) is 7.16. The maximum atomic E-state index is 13.1. The van der Waals surface area contributed by atoms with Crippen molar-refractivity contribution in [2.24, 2.45) is 11.8 Å². The highest BCUT2D eigenvalue weighted by Gasteiger charge is 2.39. The lowest BCUT2D eigenvalue weighted by Gasteiger charge is -2.38. The van der Waals surface area contributed by atoms with E-state index >= 15 is 0 Å². The van der Waals surface area contributed by atoms with Gasteiger partial charge < -0.3 is 4.43 Å². The average Bonchev–Trinajstić information content (AvgIpc) is 2.74. The Bertz CT molecular complexity index is 968. The van der Waals surface area contributed by atoms with Gasteiger partial charge in [-0.25, -0.2) is 0 Å². The van der Waals surface area contributed by atoms with Crippen LogP contribution in [0.1, 0.15) is 40.2 Å². The van der Waals surface area contributed by atoms with Crippen molar-refractivity contribution in [2.75, 3.05) is 12.4 Å². The van der Waals surface area contributed by atoms with Gasteiger partial charge in [-0.1, -0.05) is 70.5 Å². The molecule has 0 aliphatic carbocycles. The zero-order valence-electron chi connectivity index (χ0n) is 21.3. The van der Waals surface area contributed by atoms with Crippen LogP contribution in [-0.2, 0) is 18.7 Å². The summed E-state index contributed by atoms with van der Waals surface area (Å²) in [6.07, 6.45) is -0.489. The van der Waals surface area contributed by atoms with Crippen molar-refractivity contribution in [2.45, 2.75) is 75.6 Å². The molecule has 0 amide bonds. The van der Waals surface area contributed by atoms with Gasteiger partial charge in [-0.2, -0.15) is 8.42 Å². The highest BCUT2D eigenvalue weighted by atomic mass is 32.2. The van der Waals surface area contributed by atoms with Crippen molar-refractivity contribution in [3.8, 4) is 0 Å². The summed E-state index contributed by atoms with van der Waals surface area (Å²) in [6.45, 7) is 17.6. The van der Waals surface area contributed by atoms with Gasteiger partial charge in [0.2, 0.25) is 0 Å². The Hall–Kier alpha value is -1.12. The van der Waals surface area contributed by atoms with Crippen molar-refractivity contribution >= 4 is 30.2 Å². The first-order chi connectivity index (χ1) is 15.2. The number of hydrogen-bond donors (Lipinski definition) is 0. The van der Waals surface area contributed by atoms with Crippen LogP contribution in [0, 0.1) is 18.8 Å². The summed E-state index contributed by atoms with van der Waals surface area (Å²) in [5, 5.41) is 0.0891. The van der Waals surface area contributed by atoms with Gasteiger partial charge in [0, 0.05) is 23.2 Å². The average molecular weight is 509 g/mol. The van der Waals surface area contributed by atoms with E-state index in [2.05, 4.69) is 52.9 Å². The number of aryl methyl sites for hydroxylation is 1. The molecule has 0 radical (unpaired) electrons. The summed E-state index contributed by atoms with van der Waals surface area (Å²) in [7, 11) is -5.84. The Balaban J connectivity index is 2.21. The maximum absolute atomic E-state index is 13.1. The Labute approximate surface area is 206 Å². The Kier molecular flexibility index (Phi) is 9.83. The summed E-state index contributed by atoms with van der Waals surface area (Å²) in [5.74, 6) is 0.682. The zero-order valence-corrected chi connectivity index (χ0v) is 23.9. The maximum Gasteiger partial charge on any atom is 0.297 e. The molecular weight excluding hydrogens is 469 g/mol. The van der Waals surface area contributed by atoms with Crippen molar-refractivity contribution < 1.29 is 17.0 Å². The van der Waals surface area contributed by atoms with Crippen LogP contribution >= 0.6 is 11.8 Å². The predicted molar refractivity (Wildman–Crippen MR) is 142 cm³/mol. The summed E-state index contributed by atoms with van der Waals surface area (Å²) >= 11 is 1.72. The van der Waals surface area contributed by atoms with Crippen LogP contribution in [0.5, 0.6) is 0 Å². The molecule has 0 heterocycles. The molecule has 0 aliphatic rings. The molecule has 2 aromatic carbocycles. The molecule has 0 N–H and O–H groups in total. The molecule has 2 rings (SSSR count). The second-order valence-electron chi connectivity index (χ2n) is 10.5. The molecular formula is C26H40O4S2Si. The second-order valence-corrected chi connectivity index (χ2v) is 18.0. The third-order valence-electron chi connectivity index (χ3n) is 6.44. The van der Waals surface area contributed by atoms with E-state index in [-0.39, 0.29) is 21.8 Å². The lowest BCUT2D eigenvalue weighted by atomic mass is 9.95. The van der Waals surface area contributed by atoms with Gasteiger partial charge >= 0.3 is 0 Å². The first-order valence-corrected chi connectivity index (χ1v) is 16.8. The van der Waals surface area contributed by atoms with Crippen molar-refractivity contribution in [1.29, 1.82) is 0 Å². The van der Waals surface area contributed by atoms with E-state index in [9.17, 15) is 8.42 Å². The minimum Gasteiger partial charge on any atom is -0.416 e. The van der Waals surface area contributed by atoms with E-state index in [1.54, 1.807) is 36.0 Å². The van der Waals surface area contributed by atoms with Crippen LogP contribution in [-0.4, -0.2) is 35.2 Å². The van der Waals surface area contributed by atoms with Gasteiger partial charge in [0.1, 0.15) is 0 Å². The quantitative estimate of drug-likeness (QED) is 0.183. The zero-order chi connectivity index (χ0) is 24.9. The van der Waals surface area contributed by atoms with Crippen LogP contribution in [0.2, 0.25) is 18.1 Å². The highest BCUT2D eigenvalue weighted by Crippen LogP contribution is 2.37. The third kappa shape index (κ3) is 8.25. The molecule has 0 saturated carbocycles.